The molecular weight excluding hydrogens is 322 g/mol. The minimum atomic E-state index is 0.591. The Kier molecular flexibility index (Phi) is 5.16. The van der Waals surface area contributed by atoms with Crippen molar-refractivity contribution < 1.29 is 0 Å². The summed E-state index contributed by atoms with van der Waals surface area (Å²) in [6.45, 7) is 2.93. The van der Waals surface area contributed by atoms with E-state index < -0.39 is 0 Å². The van der Waals surface area contributed by atoms with E-state index in [-0.39, 0.29) is 0 Å². The molecule has 0 spiro atoms. The lowest BCUT2D eigenvalue weighted by Gasteiger charge is -2.29. The SMILES string of the molecule is CN(C)c1ccc(CN2CCc3nc(C4CCCCC4)ncc3C2)cn1. The fourth-order valence-electron chi connectivity index (χ4n) is 4.12. The normalized spacial score (nSPS) is 18.5. The zero-order chi connectivity index (χ0) is 17.9. The van der Waals surface area contributed by atoms with Gasteiger partial charge in [0.15, 0.2) is 0 Å². The molecule has 1 fully saturated rings. The molecule has 1 aliphatic carbocycles. The zero-order valence-corrected chi connectivity index (χ0v) is 16.0. The first-order chi connectivity index (χ1) is 12.7. The average molecular weight is 351 g/mol. The van der Waals surface area contributed by atoms with Crippen LogP contribution in [-0.2, 0) is 19.5 Å². The van der Waals surface area contributed by atoms with Crippen molar-refractivity contribution in [2.45, 2.75) is 57.5 Å². The molecule has 2 aromatic heterocycles. The van der Waals surface area contributed by atoms with Crippen molar-refractivity contribution in [2.75, 3.05) is 25.5 Å². The van der Waals surface area contributed by atoms with E-state index in [1.807, 2.05) is 25.2 Å². The van der Waals surface area contributed by atoms with Crippen LogP contribution in [0.2, 0.25) is 0 Å². The van der Waals surface area contributed by atoms with E-state index in [4.69, 9.17) is 9.97 Å². The van der Waals surface area contributed by atoms with Crippen molar-refractivity contribution in [1.82, 2.24) is 19.9 Å². The van der Waals surface area contributed by atoms with Crippen LogP contribution in [0, 0.1) is 0 Å². The molecule has 0 unspecified atom stereocenters. The number of hydrogen-bond acceptors (Lipinski definition) is 5. The predicted octanol–water partition coefficient (Wildman–Crippen LogP) is 3.54. The van der Waals surface area contributed by atoms with E-state index in [0.717, 1.165) is 37.7 Å². The van der Waals surface area contributed by atoms with Gasteiger partial charge >= 0.3 is 0 Å². The lowest BCUT2D eigenvalue weighted by Crippen LogP contribution is -2.31. The van der Waals surface area contributed by atoms with Gasteiger partial charge in [-0.25, -0.2) is 15.0 Å². The first kappa shape index (κ1) is 17.4. The van der Waals surface area contributed by atoms with Gasteiger partial charge in [-0.05, 0) is 24.5 Å². The maximum absolute atomic E-state index is 4.95. The largest absolute Gasteiger partial charge is 0.363 e. The van der Waals surface area contributed by atoms with Crippen molar-refractivity contribution in [3.8, 4) is 0 Å². The molecule has 0 N–H and O–H groups in total. The fourth-order valence-corrected chi connectivity index (χ4v) is 4.12. The van der Waals surface area contributed by atoms with Gasteiger partial charge in [-0.1, -0.05) is 25.3 Å². The van der Waals surface area contributed by atoms with Crippen LogP contribution >= 0.6 is 0 Å². The number of rotatable bonds is 4. The Morgan fingerprint density at radius 3 is 2.65 bits per heavy atom. The molecule has 5 heteroatoms. The summed E-state index contributed by atoms with van der Waals surface area (Å²) < 4.78 is 0. The van der Waals surface area contributed by atoms with Crippen molar-refractivity contribution in [1.29, 1.82) is 0 Å². The number of anilines is 1. The Hall–Kier alpha value is -2.01. The van der Waals surface area contributed by atoms with Crippen LogP contribution in [0.4, 0.5) is 5.82 Å². The van der Waals surface area contributed by atoms with Crippen LogP contribution in [0.3, 0.4) is 0 Å². The maximum atomic E-state index is 4.95. The third-order valence-electron chi connectivity index (χ3n) is 5.68. The highest BCUT2D eigenvalue weighted by Gasteiger charge is 2.22. The Bertz CT molecular complexity index is 735. The minimum absolute atomic E-state index is 0.591. The van der Waals surface area contributed by atoms with Crippen LogP contribution in [0.1, 0.15) is 60.7 Å². The quantitative estimate of drug-likeness (QED) is 0.843. The van der Waals surface area contributed by atoms with E-state index in [1.54, 1.807) is 0 Å². The molecule has 0 saturated heterocycles. The standard InChI is InChI=1S/C21H29N5/c1-25(2)20-9-8-16(12-22-20)14-26-11-10-19-18(15-26)13-23-21(24-19)17-6-4-3-5-7-17/h8-9,12-13,17H,3-7,10-11,14-15H2,1-2H3. The molecule has 26 heavy (non-hydrogen) atoms. The lowest BCUT2D eigenvalue weighted by molar-refractivity contribution is 0.242. The summed E-state index contributed by atoms with van der Waals surface area (Å²) in [6, 6.07) is 4.27. The summed E-state index contributed by atoms with van der Waals surface area (Å²) in [5.74, 6) is 2.69. The number of nitrogens with zero attached hydrogens (tertiary/aromatic N) is 5. The molecule has 4 rings (SSSR count). The first-order valence-electron chi connectivity index (χ1n) is 9.88. The summed E-state index contributed by atoms with van der Waals surface area (Å²) in [6.07, 6.45) is 11.7. The molecule has 0 atom stereocenters. The summed E-state index contributed by atoms with van der Waals surface area (Å²) in [7, 11) is 4.04. The highest BCUT2D eigenvalue weighted by Crippen LogP contribution is 2.31. The number of hydrogen-bond donors (Lipinski definition) is 0. The van der Waals surface area contributed by atoms with E-state index in [2.05, 4.69) is 28.2 Å². The van der Waals surface area contributed by atoms with Gasteiger partial charge in [-0.15, -0.1) is 0 Å². The van der Waals surface area contributed by atoms with Gasteiger partial charge in [-0.2, -0.15) is 0 Å². The maximum Gasteiger partial charge on any atom is 0.131 e. The summed E-state index contributed by atoms with van der Waals surface area (Å²) >= 11 is 0. The Morgan fingerprint density at radius 1 is 1.08 bits per heavy atom. The van der Waals surface area contributed by atoms with Crippen molar-refractivity contribution in [3.05, 3.63) is 47.2 Å². The lowest BCUT2D eigenvalue weighted by atomic mass is 9.88. The molecule has 2 aromatic rings. The van der Waals surface area contributed by atoms with E-state index >= 15 is 0 Å². The minimum Gasteiger partial charge on any atom is -0.363 e. The van der Waals surface area contributed by atoms with Gasteiger partial charge in [-0.3, -0.25) is 4.90 Å². The van der Waals surface area contributed by atoms with Crippen molar-refractivity contribution in [2.24, 2.45) is 0 Å². The molecule has 0 bridgehead atoms. The second-order valence-electron chi connectivity index (χ2n) is 7.91. The van der Waals surface area contributed by atoms with E-state index in [0.29, 0.717) is 5.92 Å². The van der Waals surface area contributed by atoms with Crippen LogP contribution in [0.5, 0.6) is 0 Å². The smallest absolute Gasteiger partial charge is 0.131 e. The molecule has 0 radical (unpaired) electrons. The Balaban J connectivity index is 1.41. The van der Waals surface area contributed by atoms with Crippen molar-refractivity contribution in [3.63, 3.8) is 0 Å². The summed E-state index contributed by atoms with van der Waals surface area (Å²) in [5.41, 5.74) is 3.84. The molecule has 0 aromatic carbocycles. The Morgan fingerprint density at radius 2 is 1.92 bits per heavy atom. The summed E-state index contributed by atoms with van der Waals surface area (Å²) in [4.78, 5) is 18.7. The number of pyridine rings is 1. The second kappa shape index (κ2) is 7.70. The molecule has 0 amide bonds. The third kappa shape index (κ3) is 3.88. The molecule has 5 nitrogen and oxygen atoms in total. The highest BCUT2D eigenvalue weighted by atomic mass is 15.1. The second-order valence-corrected chi connectivity index (χ2v) is 7.91. The predicted molar refractivity (Wildman–Crippen MR) is 104 cm³/mol. The fraction of sp³-hybridized carbons (Fsp3) is 0.571. The van der Waals surface area contributed by atoms with Crippen LogP contribution < -0.4 is 4.90 Å². The van der Waals surface area contributed by atoms with Gasteiger partial charge in [0.05, 0.1) is 0 Å². The van der Waals surface area contributed by atoms with E-state index in [9.17, 15) is 0 Å². The molecule has 2 aliphatic rings. The highest BCUT2D eigenvalue weighted by molar-refractivity contribution is 5.37. The van der Waals surface area contributed by atoms with Crippen LogP contribution in [0.25, 0.3) is 0 Å². The third-order valence-corrected chi connectivity index (χ3v) is 5.68. The topological polar surface area (TPSA) is 45.2 Å². The van der Waals surface area contributed by atoms with Gasteiger partial charge in [0, 0.05) is 69.7 Å². The molecular formula is C21H29N5. The van der Waals surface area contributed by atoms with Gasteiger partial charge in [0.2, 0.25) is 0 Å². The van der Waals surface area contributed by atoms with Gasteiger partial charge < -0.3 is 4.90 Å². The van der Waals surface area contributed by atoms with Gasteiger partial charge in [0.1, 0.15) is 11.6 Å². The van der Waals surface area contributed by atoms with Gasteiger partial charge in [0.25, 0.3) is 0 Å². The van der Waals surface area contributed by atoms with E-state index in [1.165, 1.54) is 48.9 Å². The molecule has 1 aliphatic heterocycles. The van der Waals surface area contributed by atoms with Crippen molar-refractivity contribution >= 4 is 5.82 Å². The molecule has 138 valence electrons. The number of aromatic nitrogens is 3. The Labute approximate surface area is 156 Å². The first-order valence-corrected chi connectivity index (χ1v) is 9.88. The van der Waals surface area contributed by atoms with Crippen LogP contribution in [-0.4, -0.2) is 40.5 Å². The molecule has 1 saturated carbocycles. The monoisotopic (exact) mass is 351 g/mol. The van der Waals surface area contributed by atoms with Crippen LogP contribution in [0.15, 0.2) is 24.5 Å². The number of fused-ring (bicyclic) bond motifs is 1. The molecule has 3 heterocycles. The average Bonchev–Trinajstić information content (AvgIpc) is 2.69. The zero-order valence-electron chi connectivity index (χ0n) is 16.0. The summed E-state index contributed by atoms with van der Waals surface area (Å²) in [5, 5.41) is 0.